The molecule has 4 heterocycles. The molecular weight excluding hydrogens is 563 g/mol. The van der Waals surface area contributed by atoms with Crippen molar-refractivity contribution in [3.63, 3.8) is 0 Å². The summed E-state index contributed by atoms with van der Waals surface area (Å²) in [6.07, 6.45) is 1.61. The molecule has 3 aliphatic rings. The van der Waals surface area contributed by atoms with E-state index in [4.69, 9.17) is 11.6 Å². The minimum atomic E-state index is -1.22. The molecule has 14 heteroatoms. The highest BCUT2D eigenvalue weighted by Crippen LogP contribution is 2.37. The molecule has 1 aromatic heterocycles. The molecule has 11 nitrogen and oxygen atoms in total. The van der Waals surface area contributed by atoms with Crippen LogP contribution >= 0.6 is 22.9 Å². The lowest BCUT2D eigenvalue weighted by atomic mass is 9.93. The number of carbonyl (C=O) groups is 3. The summed E-state index contributed by atoms with van der Waals surface area (Å²) in [7, 11) is 0. The van der Waals surface area contributed by atoms with Crippen molar-refractivity contribution in [2.75, 3.05) is 39.3 Å². The first kappa shape index (κ1) is 28.0. The van der Waals surface area contributed by atoms with E-state index in [0.29, 0.717) is 42.7 Å². The largest absolute Gasteiger partial charge is 0.481 e. The molecule has 2 saturated heterocycles. The standard InChI is InChI=1S/C26H28ClFN6O5S/c1-26(2,24(37)38)13-33-11-14-10-32(7-8-34(14)25(33)39)12-17-18(23(35)36)20(15-4-3-5-16(28)19(15)27)31-21(30-17)22-29-6-9-40-22/h3-6,9,14,20H,7-8,10-13H2,1-2H3,(H,30,31)(H,35,36)(H,37,38)/t14-,20-/m0/s1. The lowest BCUT2D eigenvalue weighted by molar-refractivity contribution is -0.147. The molecule has 0 unspecified atom stereocenters. The smallest absolute Gasteiger partial charge is 0.335 e. The minimum absolute atomic E-state index is 0.0532. The van der Waals surface area contributed by atoms with Crippen molar-refractivity contribution in [2.24, 2.45) is 10.4 Å². The van der Waals surface area contributed by atoms with Gasteiger partial charge in [0.05, 0.1) is 22.1 Å². The van der Waals surface area contributed by atoms with Crippen LogP contribution in [0.15, 0.2) is 46.0 Å². The van der Waals surface area contributed by atoms with Crippen molar-refractivity contribution in [1.82, 2.24) is 25.0 Å². The summed E-state index contributed by atoms with van der Waals surface area (Å²) < 4.78 is 14.4. The first-order valence-electron chi connectivity index (χ1n) is 12.6. The lowest BCUT2D eigenvalue weighted by Crippen LogP contribution is -2.53. The maximum atomic E-state index is 14.4. The number of aromatic nitrogens is 1. The molecule has 0 radical (unpaired) electrons. The molecule has 212 valence electrons. The molecule has 2 aromatic rings. The van der Waals surface area contributed by atoms with Gasteiger partial charge in [0.2, 0.25) is 0 Å². The maximum Gasteiger partial charge on any atom is 0.335 e. The molecule has 2 fully saturated rings. The molecule has 0 aliphatic carbocycles. The van der Waals surface area contributed by atoms with Crippen LogP contribution in [0, 0.1) is 11.2 Å². The number of fused-ring (bicyclic) bond motifs is 1. The molecule has 40 heavy (non-hydrogen) atoms. The molecule has 5 rings (SSSR count). The Hall–Kier alpha value is -3.55. The molecule has 2 amide bonds. The van der Waals surface area contributed by atoms with Crippen molar-refractivity contribution in [2.45, 2.75) is 25.9 Å². The molecule has 1 aromatic carbocycles. The van der Waals surface area contributed by atoms with Crippen LogP contribution in [0.2, 0.25) is 5.02 Å². The van der Waals surface area contributed by atoms with E-state index in [1.807, 2.05) is 4.90 Å². The van der Waals surface area contributed by atoms with E-state index >= 15 is 0 Å². The topological polar surface area (TPSA) is 139 Å². The molecule has 0 spiro atoms. The predicted octanol–water partition coefficient (Wildman–Crippen LogP) is 2.90. The zero-order valence-corrected chi connectivity index (χ0v) is 23.4. The normalized spacial score (nSPS) is 21.8. The van der Waals surface area contributed by atoms with E-state index in [9.17, 15) is 29.0 Å². The maximum absolute atomic E-state index is 14.4. The van der Waals surface area contributed by atoms with Gasteiger partial charge in [-0.3, -0.25) is 14.7 Å². The van der Waals surface area contributed by atoms with Crippen LogP contribution in [0.25, 0.3) is 0 Å². The van der Waals surface area contributed by atoms with Crippen LogP contribution in [-0.2, 0) is 9.59 Å². The van der Waals surface area contributed by atoms with Crippen molar-refractivity contribution in [1.29, 1.82) is 0 Å². The third-order valence-corrected chi connectivity index (χ3v) is 8.51. The van der Waals surface area contributed by atoms with Crippen molar-refractivity contribution < 1.29 is 29.0 Å². The van der Waals surface area contributed by atoms with Crippen LogP contribution in [0.1, 0.15) is 30.5 Å². The summed E-state index contributed by atoms with van der Waals surface area (Å²) in [5, 5.41) is 25.1. The van der Waals surface area contributed by atoms with Crippen LogP contribution in [0.5, 0.6) is 0 Å². The fourth-order valence-corrected chi connectivity index (χ4v) is 6.08. The number of piperazine rings is 1. The fraction of sp³-hybridized carbons (Fsp3) is 0.423. The highest BCUT2D eigenvalue weighted by atomic mass is 35.5. The third-order valence-electron chi connectivity index (χ3n) is 7.33. The van der Waals surface area contributed by atoms with Crippen molar-refractivity contribution in [3.05, 3.63) is 62.5 Å². The number of aliphatic carboxylic acids is 2. The van der Waals surface area contributed by atoms with Gasteiger partial charge in [-0.25, -0.2) is 19.0 Å². The highest BCUT2D eigenvalue weighted by molar-refractivity contribution is 7.11. The van der Waals surface area contributed by atoms with Gasteiger partial charge in [-0.2, -0.15) is 0 Å². The first-order valence-corrected chi connectivity index (χ1v) is 13.9. The Balaban J connectivity index is 1.42. The number of carboxylic acids is 2. The average molecular weight is 591 g/mol. The van der Waals surface area contributed by atoms with Crippen molar-refractivity contribution in [3.8, 4) is 0 Å². The second-order valence-corrected chi connectivity index (χ2v) is 11.9. The van der Waals surface area contributed by atoms with Gasteiger partial charge in [0.25, 0.3) is 0 Å². The van der Waals surface area contributed by atoms with Gasteiger partial charge in [0, 0.05) is 62.1 Å². The molecule has 2 atom stereocenters. The number of nitrogens with zero attached hydrogens (tertiary/aromatic N) is 5. The number of amides is 2. The Kier molecular flexibility index (Phi) is 7.55. The predicted molar refractivity (Wildman–Crippen MR) is 146 cm³/mol. The number of carboxylic acid groups (broad SMARTS) is 2. The Labute approximate surface area is 238 Å². The molecule has 0 bridgehead atoms. The van der Waals surface area contributed by atoms with Crippen molar-refractivity contribution >= 4 is 46.7 Å². The van der Waals surface area contributed by atoms with Gasteiger partial charge in [-0.1, -0.05) is 23.7 Å². The van der Waals surface area contributed by atoms with Gasteiger partial charge < -0.3 is 25.3 Å². The number of hydrogen-bond donors (Lipinski definition) is 3. The van der Waals surface area contributed by atoms with Gasteiger partial charge >= 0.3 is 18.0 Å². The van der Waals surface area contributed by atoms with Crippen LogP contribution in [0.4, 0.5) is 9.18 Å². The molecule has 0 saturated carbocycles. The quantitative estimate of drug-likeness (QED) is 0.427. The van der Waals surface area contributed by atoms with Gasteiger partial charge in [0.15, 0.2) is 10.8 Å². The monoisotopic (exact) mass is 590 g/mol. The van der Waals surface area contributed by atoms with E-state index in [2.05, 4.69) is 15.3 Å². The number of halogens is 2. The number of benzene rings is 1. The second kappa shape index (κ2) is 10.8. The molecule has 3 aliphatic heterocycles. The molecular formula is C26H28ClFN6O5S. The number of thiazole rings is 1. The Bertz CT molecular complexity index is 1410. The molecule has 3 N–H and O–H groups in total. The fourth-order valence-electron chi connectivity index (χ4n) is 5.26. The Morgan fingerprint density at radius 3 is 2.70 bits per heavy atom. The third kappa shape index (κ3) is 5.28. The zero-order chi connectivity index (χ0) is 28.8. The summed E-state index contributed by atoms with van der Waals surface area (Å²) >= 11 is 7.60. The van der Waals surface area contributed by atoms with Crippen LogP contribution in [0.3, 0.4) is 0 Å². The van der Waals surface area contributed by atoms with E-state index in [-0.39, 0.29) is 41.3 Å². The van der Waals surface area contributed by atoms with E-state index in [0.717, 1.165) is 0 Å². The zero-order valence-electron chi connectivity index (χ0n) is 21.8. The van der Waals surface area contributed by atoms with Gasteiger partial charge in [-0.05, 0) is 19.9 Å². The van der Waals surface area contributed by atoms with Gasteiger partial charge in [-0.15, -0.1) is 11.3 Å². The minimum Gasteiger partial charge on any atom is -0.481 e. The number of nitrogens with one attached hydrogen (secondary N) is 1. The van der Waals surface area contributed by atoms with Crippen LogP contribution in [-0.4, -0.2) is 99.0 Å². The summed E-state index contributed by atoms with van der Waals surface area (Å²) in [5.41, 5.74) is -0.534. The summed E-state index contributed by atoms with van der Waals surface area (Å²) in [5.74, 6) is -2.51. The Morgan fingerprint density at radius 2 is 2.02 bits per heavy atom. The number of hydrogen-bond acceptors (Lipinski definition) is 8. The average Bonchev–Trinajstić information content (AvgIpc) is 3.53. The highest BCUT2D eigenvalue weighted by Gasteiger charge is 2.44. The lowest BCUT2D eigenvalue weighted by Gasteiger charge is -2.38. The first-order chi connectivity index (χ1) is 19.0. The summed E-state index contributed by atoms with van der Waals surface area (Å²) in [6, 6.07) is 2.78. The van der Waals surface area contributed by atoms with E-state index < -0.39 is 29.2 Å². The number of urea groups is 1. The number of amidine groups is 1. The van der Waals surface area contributed by atoms with Crippen LogP contribution < -0.4 is 5.32 Å². The summed E-state index contributed by atoms with van der Waals surface area (Å²) in [6.45, 7) is 5.19. The van der Waals surface area contributed by atoms with Gasteiger partial charge in [0.1, 0.15) is 11.9 Å². The number of rotatable bonds is 8. The van der Waals surface area contributed by atoms with E-state index in [1.165, 1.54) is 23.5 Å². The SMILES string of the molecule is CC(C)(CN1C[C@@H]2CN(CC3=C(C(=O)O)[C@H](c4cccc(F)c4Cl)N=C(c4nccs4)N3)CCN2C1=O)C(=O)O. The summed E-state index contributed by atoms with van der Waals surface area (Å²) in [4.78, 5) is 51.4. The number of aliphatic imine (C=N–C) groups is 1. The van der Waals surface area contributed by atoms with E-state index in [1.54, 1.807) is 41.3 Å². The second-order valence-electron chi connectivity index (χ2n) is 10.6. The Morgan fingerprint density at radius 1 is 1.25 bits per heavy atom. The number of carbonyl (C=O) groups excluding carboxylic acids is 1.